The molecule has 2 atom stereocenters. The summed E-state index contributed by atoms with van der Waals surface area (Å²) in [4.78, 5) is 24.7. The maximum Gasteiger partial charge on any atom is 0.407 e. The van der Waals surface area contributed by atoms with Crippen molar-refractivity contribution < 1.29 is 14.7 Å². The molecule has 1 heterocycles. The van der Waals surface area contributed by atoms with Crippen molar-refractivity contribution in [2.45, 2.75) is 24.8 Å². The van der Waals surface area contributed by atoms with Crippen molar-refractivity contribution in [3.05, 3.63) is 60.2 Å². The van der Waals surface area contributed by atoms with Crippen LogP contribution in [0, 0.1) is 11.3 Å². The van der Waals surface area contributed by atoms with E-state index in [1.165, 1.54) is 0 Å². The van der Waals surface area contributed by atoms with E-state index in [2.05, 4.69) is 11.4 Å². The molecule has 1 aliphatic rings. The molecule has 0 spiro atoms. The number of amides is 2. The van der Waals surface area contributed by atoms with Crippen molar-refractivity contribution in [3.8, 4) is 17.2 Å². The average molecular weight is 363 g/mol. The van der Waals surface area contributed by atoms with Gasteiger partial charge in [-0.3, -0.25) is 9.69 Å². The average Bonchev–Trinajstić information content (AvgIpc) is 3.20. The molecular weight excluding hydrogens is 342 g/mol. The fourth-order valence-corrected chi connectivity index (χ4v) is 3.37. The van der Waals surface area contributed by atoms with Crippen molar-refractivity contribution in [2.75, 3.05) is 13.1 Å². The van der Waals surface area contributed by atoms with E-state index in [9.17, 15) is 14.9 Å². The van der Waals surface area contributed by atoms with Crippen LogP contribution in [0.2, 0.25) is 0 Å². The maximum absolute atomic E-state index is 12.3. The number of hydrogen-bond donors (Lipinski definition) is 2. The van der Waals surface area contributed by atoms with Crippen molar-refractivity contribution in [1.82, 2.24) is 10.2 Å². The number of nitriles is 1. The van der Waals surface area contributed by atoms with E-state index in [0.29, 0.717) is 19.4 Å². The lowest BCUT2D eigenvalue weighted by Crippen LogP contribution is -2.46. The second-order valence-electron chi connectivity index (χ2n) is 6.55. The monoisotopic (exact) mass is 363 g/mol. The molecule has 0 aromatic heterocycles. The van der Waals surface area contributed by atoms with Gasteiger partial charge in [0.05, 0.1) is 12.0 Å². The summed E-state index contributed by atoms with van der Waals surface area (Å²) in [6, 6.07) is 19.2. The molecule has 0 aliphatic carbocycles. The topological polar surface area (TPSA) is 93.4 Å². The Labute approximate surface area is 158 Å². The van der Waals surface area contributed by atoms with Gasteiger partial charge in [0.15, 0.2) is 0 Å². The van der Waals surface area contributed by atoms with Gasteiger partial charge >= 0.3 is 6.09 Å². The fourth-order valence-electron chi connectivity index (χ4n) is 3.37. The molecule has 1 saturated heterocycles. The Morgan fingerprint density at radius 2 is 1.81 bits per heavy atom. The first-order valence-corrected chi connectivity index (χ1v) is 8.92. The fraction of sp³-hybridized carbons (Fsp3) is 0.286. The van der Waals surface area contributed by atoms with Crippen LogP contribution in [-0.4, -0.2) is 41.1 Å². The third-order valence-electron chi connectivity index (χ3n) is 4.86. The lowest BCUT2D eigenvalue weighted by molar-refractivity contribution is -0.125. The second-order valence-corrected chi connectivity index (χ2v) is 6.55. The lowest BCUT2D eigenvalue weighted by atomic mass is 9.97. The number of likely N-dealkylation sites (tertiary alicyclic amines) is 1. The highest BCUT2D eigenvalue weighted by atomic mass is 16.4. The number of benzene rings is 2. The zero-order valence-corrected chi connectivity index (χ0v) is 14.8. The Morgan fingerprint density at radius 1 is 1.15 bits per heavy atom. The van der Waals surface area contributed by atoms with Gasteiger partial charge in [0.25, 0.3) is 0 Å². The van der Waals surface area contributed by atoms with Crippen LogP contribution in [0.4, 0.5) is 4.79 Å². The first-order chi connectivity index (χ1) is 13.1. The number of carbonyl (C=O) groups excluding carboxylic acids is 1. The molecule has 0 saturated carbocycles. The summed E-state index contributed by atoms with van der Waals surface area (Å²) in [5.74, 6) is -0.825. The normalized spacial score (nSPS) is 17.1. The van der Waals surface area contributed by atoms with Crippen LogP contribution in [0.25, 0.3) is 11.1 Å². The third kappa shape index (κ3) is 4.26. The molecule has 1 fully saturated rings. The quantitative estimate of drug-likeness (QED) is 0.853. The maximum atomic E-state index is 12.3. The van der Waals surface area contributed by atoms with Gasteiger partial charge in [-0.2, -0.15) is 5.26 Å². The Morgan fingerprint density at radius 3 is 2.44 bits per heavy atom. The zero-order valence-electron chi connectivity index (χ0n) is 14.8. The molecule has 1 unspecified atom stereocenters. The largest absolute Gasteiger partial charge is 0.465 e. The van der Waals surface area contributed by atoms with Crippen LogP contribution in [-0.2, 0) is 4.79 Å². The Bertz CT molecular complexity index is 843. The number of nitrogens with one attached hydrogen (secondary N) is 1. The van der Waals surface area contributed by atoms with Gasteiger partial charge < -0.3 is 10.4 Å². The van der Waals surface area contributed by atoms with E-state index in [-0.39, 0.29) is 12.5 Å². The number of carboxylic acid groups (broad SMARTS) is 1. The molecule has 6 heteroatoms. The summed E-state index contributed by atoms with van der Waals surface area (Å²) in [6.07, 6.45) is 0.106. The van der Waals surface area contributed by atoms with Gasteiger partial charge in [0.2, 0.25) is 5.91 Å². The zero-order chi connectivity index (χ0) is 19.2. The summed E-state index contributed by atoms with van der Waals surface area (Å²) >= 11 is 0. The Kier molecular flexibility index (Phi) is 5.72. The van der Waals surface area contributed by atoms with E-state index >= 15 is 0 Å². The van der Waals surface area contributed by atoms with Gasteiger partial charge in [-0.05, 0) is 29.5 Å². The van der Waals surface area contributed by atoms with Crippen molar-refractivity contribution in [1.29, 1.82) is 5.26 Å². The van der Waals surface area contributed by atoms with Crippen LogP contribution in [0.1, 0.15) is 24.3 Å². The summed E-state index contributed by atoms with van der Waals surface area (Å²) in [6.45, 7) is 0.528. The lowest BCUT2D eigenvalue weighted by Gasteiger charge is -2.21. The van der Waals surface area contributed by atoms with Gasteiger partial charge in [-0.25, -0.2) is 4.79 Å². The van der Waals surface area contributed by atoms with Gasteiger partial charge in [-0.1, -0.05) is 54.6 Å². The van der Waals surface area contributed by atoms with Crippen LogP contribution in [0.5, 0.6) is 0 Å². The molecule has 2 N–H and O–H groups in total. The van der Waals surface area contributed by atoms with Crippen molar-refractivity contribution >= 4 is 12.0 Å². The highest BCUT2D eigenvalue weighted by molar-refractivity contribution is 5.85. The Hall–Kier alpha value is -3.33. The minimum absolute atomic E-state index is 0.157. The number of nitrogens with zero attached hydrogens (tertiary/aromatic N) is 2. The van der Waals surface area contributed by atoms with E-state index in [4.69, 9.17) is 5.11 Å². The molecule has 0 bridgehead atoms. The van der Waals surface area contributed by atoms with Crippen LogP contribution < -0.4 is 5.32 Å². The number of carbonyl (C=O) groups is 2. The van der Waals surface area contributed by atoms with Crippen molar-refractivity contribution in [3.63, 3.8) is 0 Å². The van der Waals surface area contributed by atoms with Gasteiger partial charge in [0.1, 0.15) is 6.04 Å². The molecule has 2 aromatic carbocycles. The SMILES string of the molecule is N#C[C@@H](CNC(=O)C1CCCN1C(=O)O)c1ccc(-c2ccccc2)cc1. The molecule has 6 nitrogen and oxygen atoms in total. The van der Waals surface area contributed by atoms with E-state index < -0.39 is 18.1 Å². The Balaban J connectivity index is 1.63. The summed E-state index contributed by atoms with van der Waals surface area (Å²) in [5, 5.41) is 21.4. The molecule has 1 aliphatic heterocycles. The highest BCUT2D eigenvalue weighted by Crippen LogP contribution is 2.23. The van der Waals surface area contributed by atoms with Crippen LogP contribution in [0.3, 0.4) is 0 Å². The minimum atomic E-state index is -1.08. The summed E-state index contributed by atoms with van der Waals surface area (Å²) in [5.41, 5.74) is 2.97. The third-order valence-corrected chi connectivity index (χ3v) is 4.86. The molecule has 27 heavy (non-hydrogen) atoms. The molecule has 3 rings (SSSR count). The molecular formula is C21H21N3O3. The predicted molar refractivity (Wildman–Crippen MR) is 101 cm³/mol. The first kappa shape index (κ1) is 18.5. The smallest absolute Gasteiger partial charge is 0.407 e. The molecule has 138 valence electrons. The highest BCUT2D eigenvalue weighted by Gasteiger charge is 2.34. The second kappa shape index (κ2) is 8.37. The summed E-state index contributed by atoms with van der Waals surface area (Å²) < 4.78 is 0. The summed E-state index contributed by atoms with van der Waals surface area (Å²) in [7, 11) is 0. The molecule has 0 radical (unpaired) electrons. The minimum Gasteiger partial charge on any atom is -0.465 e. The molecule has 2 amide bonds. The van der Waals surface area contributed by atoms with Crippen LogP contribution in [0.15, 0.2) is 54.6 Å². The number of hydrogen-bond acceptors (Lipinski definition) is 3. The van der Waals surface area contributed by atoms with Crippen LogP contribution >= 0.6 is 0 Å². The van der Waals surface area contributed by atoms with Gasteiger partial charge in [-0.15, -0.1) is 0 Å². The predicted octanol–water partition coefficient (Wildman–Crippen LogP) is 3.22. The van der Waals surface area contributed by atoms with Crippen molar-refractivity contribution in [2.24, 2.45) is 0 Å². The van der Waals surface area contributed by atoms with Gasteiger partial charge in [0, 0.05) is 13.1 Å². The molecule has 2 aromatic rings. The standard InChI is InChI=1S/C21H21N3O3/c22-13-18(14-23-20(25)19-7-4-12-24(19)21(26)27)17-10-8-16(9-11-17)15-5-2-1-3-6-15/h1-3,5-6,8-11,18-19H,4,7,12,14H2,(H,23,25)(H,26,27)/t18-,19?/m0/s1. The van der Waals surface area contributed by atoms with E-state index in [1.807, 2.05) is 54.6 Å². The van der Waals surface area contributed by atoms with E-state index in [0.717, 1.165) is 21.6 Å². The number of rotatable bonds is 5. The first-order valence-electron chi connectivity index (χ1n) is 8.92. The van der Waals surface area contributed by atoms with E-state index in [1.54, 1.807) is 0 Å².